The monoisotopic (exact) mass is 1490 g/mol. The molecule has 0 aliphatic heterocycles. The molecule has 19 heteroatoms. The number of allylic oxidation sites excluding steroid dienone is 26. The second-order valence-electron chi connectivity index (χ2n) is 25.9. The van der Waals surface area contributed by atoms with Crippen molar-refractivity contribution in [1.29, 1.82) is 0 Å². The quantitative estimate of drug-likeness (QED) is 0.0169. The molecule has 0 saturated heterocycles. The molecule has 0 heterocycles. The second kappa shape index (κ2) is 75.9. The fourth-order valence-electron chi connectivity index (χ4n) is 10.0. The van der Waals surface area contributed by atoms with Gasteiger partial charge in [0.25, 0.3) is 0 Å². The number of aliphatic hydroxyl groups excluding tert-OH is 1. The molecule has 592 valence electrons. The van der Waals surface area contributed by atoms with Gasteiger partial charge in [0.05, 0.1) is 26.4 Å². The zero-order valence-electron chi connectivity index (χ0n) is 64.6. The Balaban J connectivity index is 5.44. The molecule has 0 spiro atoms. The number of hydrogen-bond donors (Lipinski definition) is 3. The Labute approximate surface area is 629 Å². The molecule has 17 nitrogen and oxygen atoms in total. The molecule has 5 atom stereocenters. The molecule has 0 rings (SSSR count). The lowest BCUT2D eigenvalue weighted by molar-refractivity contribution is -0.161. The van der Waals surface area contributed by atoms with Crippen molar-refractivity contribution in [1.82, 2.24) is 0 Å². The average molecular weight is 1500 g/mol. The Morgan fingerprint density at radius 3 is 0.788 bits per heavy atom. The summed E-state index contributed by atoms with van der Waals surface area (Å²) >= 11 is 0. The summed E-state index contributed by atoms with van der Waals surface area (Å²) in [6, 6.07) is 0. The summed E-state index contributed by atoms with van der Waals surface area (Å²) in [5.74, 6) is -2.28. The van der Waals surface area contributed by atoms with Gasteiger partial charge in [-0.3, -0.25) is 37.3 Å². The Hall–Kier alpha value is -5.32. The van der Waals surface area contributed by atoms with Crippen LogP contribution in [-0.2, 0) is 65.4 Å². The first kappa shape index (κ1) is 98.7. The van der Waals surface area contributed by atoms with Gasteiger partial charge < -0.3 is 33.8 Å². The first-order valence-electron chi connectivity index (χ1n) is 39.7. The molecule has 0 saturated carbocycles. The van der Waals surface area contributed by atoms with Crippen molar-refractivity contribution in [3.63, 3.8) is 0 Å². The van der Waals surface area contributed by atoms with Gasteiger partial charge >= 0.3 is 39.5 Å². The van der Waals surface area contributed by atoms with Gasteiger partial charge in [-0.05, 0) is 167 Å². The van der Waals surface area contributed by atoms with Gasteiger partial charge in [0, 0.05) is 25.7 Å². The van der Waals surface area contributed by atoms with Crippen molar-refractivity contribution in [2.24, 2.45) is 0 Å². The van der Waals surface area contributed by atoms with Crippen LogP contribution in [0.4, 0.5) is 0 Å². The van der Waals surface area contributed by atoms with Crippen LogP contribution in [0.15, 0.2) is 158 Å². The molecule has 0 aliphatic rings. The Morgan fingerprint density at radius 1 is 0.279 bits per heavy atom. The summed E-state index contributed by atoms with van der Waals surface area (Å²) < 4.78 is 68.5. The van der Waals surface area contributed by atoms with E-state index in [1.807, 2.05) is 0 Å². The summed E-state index contributed by atoms with van der Waals surface area (Å²) in [6.07, 6.45) is 87.9. The summed E-state index contributed by atoms with van der Waals surface area (Å²) in [5.41, 5.74) is 0. The summed E-state index contributed by atoms with van der Waals surface area (Å²) in [7, 11) is -9.99. The minimum absolute atomic E-state index is 0.0648. The lowest BCUT2D eigenvalue weighted by Gasteiger charge is -2.21. The van der Waals surface area contributed by atoms with E-state index in [0.29, 0.717) is 25.7 Å². The van der Waals surface area contributed by atoms with Gasteiger partial charge in [-0.15, -0.1) is 0 Å². The number of rotatable bonds is 73. The SMILES string of the molecule is CC/C=C\C/C=C\C/C=C\C/C=C\CCCCCCCCC(=O)OCC(COP(=O)(O)OCC(O)COP(=O)(O)OCC(COC(=O)CCCC/C=C\C/C=C\C/C=C\C/C=C\CC)OC(=O)CCCCCCC/C=C\C/C=C\CCCCC)OC(=O)CCCCCCC/C=C\C/C=C\C/C=C\CC. The largest absolute Gasteiger partial charge is 0.472 e. The molecule has 0 radical (unpaired) electrons. The molecule has 0 aromatic rings. The van der Waals surface area contributed by atoms with Crippen LogP contribution in [0.25, 0.3) is 0 Å². The molecule has 104 heavy (non-hydrogen) atoms. The maximum atomic E-state index is 13.1. The van der Waals surface area contributed by atoms with E-state index in [0.717, 1.165) is 199 Å². The molecule has 0 aliphatic carbocycles. The van der Waals surface area contributed by atoms with Gasteiger partial charge in [-0.1, -0.05) is 263 Å². The van der Waals surface area contributed by atoms with E-state index in [2.05, 4.69) is 186 Å². The van der Waals surface area contributed by atoms with Crippen LogP contribution in [-0.4, -0.2) is 96.7 Å². The minimum atomic E-state index is -5.00. The predicted molar refractivity (Wildman–Crippen MR) is 427 cm³/mol. The number of unbranched alkanes of at least 4 members (excludes halogenated alkanes) is 21. The van der Waals surface area contributed by atoms with Crippen molar-refractivity contribution in [2.75, 3.05) is 39.6 Å². The van der Waals surface area contributed by atoms with E-state index in [1.54, 1.807) is 0 Å². The molecular formula is C85H140O17P2. The van der Waals surface area contributed by atoms with Crippen LogP contribution in [0.5, 0.6) is 0 Å². The third-order valence-electron chi connectivity index (χ3n) is 16.0. The highest BCUT2D eigenvalue weighted by molar-refractivity contribution is 7.47. The van der Waals surface area contributed by atoms with Crippen LogP contribution < -0.4 is 0 Å². The van der Waals surface area contributed by atoms with Crippen molar-refractivity contribution >= 4 is 39.5 Å². The second-order valence-corrected chi connectivity index (χ2v) is 28.8. The van der Waals surface area contributed by atoms with Crippen LogP contribution in [0.2, 0.25) is 0 Å². The number of ether oxygens (including phenoxy) is 4. The van der Waals surface area contributed by atoms with Crippen LogP contribution in [0, 0.1) is 0 Å². The summed E-state index contributed by atoms with van der Waals surface area (Å²) in [6.45, 7) is 4.40. The zero-order valence-corrected chi connectivity index (χ0v) is 66.4. The maximum absolute atomic E-state index is 13.1. The number of carbonyl (C=O) groups excluding carboxylic acids is 4. The van der Waals surface area contributed by atoms with Crippen LogP contribution in [0.1, 0.15) is 297 Å². The van der Waals surface area contributed by atoms with E-state index in [1.165, 1.54) is 19.3 Å². The highest BCUT2D eigenvalue weighted by atomic mass is 31.2. The van der Waals surface area contributed by atoms with E-state index < -0.39 is 97.5 Å². The standard InChI is InChI=1S/C85H140O17P2/c1-5-9-13-17-21-25-29-33-37-38-39-40-44-46-50-54-58-62-66-70-83(88)96-76-81(102-85(90)72-68-64-60-56-52-48-43-36-32-28-24-20-16-12-8-4)78-100-104(93,94)98-74-79(86)73-97-103(91,92)99-77-80(101-84(89)71-67-63-59-55-51-47-42-35-31-27-23-19-15-11-7-3)75-95-82(87)69-65-61-57-53-49-45-41-34-30-26-22-18-14-10-6-2/h9-10,12-14,16,21-28,33-37,39-43,49,53,79-81,86H,5-8,11,15,17-20,29-32,38,44-48,50-52,54-78H2,1-4H3,(H,91,92)(H,93,94)/b13-9-,14-10-,16-12-,25-21-,26-22-,27-23-,28-24-,37-33-,40-39-,41-34-,42-35-,43-36-,53-49-. The fraction of sp³-hybridized carbons (Fsp3) is 0.647. The lowest BCUT2D eigenvalue weighted by atomic mass is 10.1. The number of carbonyl (C=O) groups is 4. The average Bonchev–Trinajstić information content (AvgIpc) is 0.918. The number of esters is 4. The number of hydrogen-bond acceptors (Lipinski definition) is 15. The topological polar surface area (TPSA) is 237 Å². The fourth-order valence-corrected chi connectivity index (χ4v) is 11.6. The third kappa shape index (κ3) is 74.9. The van der Waals surface area contributed by atoms with Gasteiger partial charge in [0.2, 0.25) is 0 Å². The molecule has 0 aromatic carbocycles. The Kier molecular flexibility index (Phi) is 72.0. The number of phosphoric ester groups is 2. The highest BCUT2D eigenvalue weighted by Crippen LogP contribution is 2.45. The first-order valence-corrected chi connectivity index (χ1v) is 42.7. The van der Waals surface area contributed by atoms with Crippen molar-refractivity contribution in [2.45, 2.75) is 316 Å². The Bertz CT molecular complexity index is 2590. The molecular weight excluding hydrogens is 1350 g/mol. The predicted octanol–water partition coefficient (Wildman–Crippen LogP) is 23.2. The third-order valence-corrected chi connectivity index (χ3v) is 17.9. The van der Waals surface area contributed by atoms with Gasteiger partial charge in [-0.2, -0.15) is 0 Å². The molecule has 0 bridgehead atoms. The molecule has 3 N–H and O–H groups in total. The lowest BCUT2D eigenvalue weighted by Crippen LogP contribution is -2.30. The van der Waals surface area contributed by atoms with Gasteiger partial charge in [-0.25, -0.2) is 9.13 Å². The smallest absolute Gasteiger partial charge is 0.462 e. The van der Waals surface area contributed by atoms with E-state index in [-0.39, 0.29) is 25.7 Å². The van der Waals surface area contributed by atoms with E-state index in [9.17, 15) is 43.2 Å². The van der Waals surface area contributed by atoms with Crippen LogP contribution in [0.3, 0.4) is 0 Å². The normalized spacial score (nSPS) is 14.7. The minimum Gasteiger partial charge on any atom is -0.462 e. The van der Waals surface area contributed by atoms with Crippen LogP contribution >= 0.6 is 15.6 Å². The highest BCUT2D eigenvalue weighted by Gasteiger charge is 2.30. The van der Waals surface area contributed by atoms with Gasteiger partial charge in [0.1, 0.15) is 19.3 Å². The van der Waals surface area contributed by atoms with Gasteiger partial charge in [0.15, 0.2) is 12.2 Å². The van der Waals surface area contributed by atoms with E-state index in [4.69, 9.17) is 37.0 Å². The molecule has 0 amide bonds. The molecule has 0 aromatic heterocycles. The Morgan fingerprint density at radius 2 is 0.500 bits per heavy atom. The summed E-state index contributed by atoms with van der Waals surface area (Å²) in [4.78, 5) is 73.0. The first-order chi connectivity index (χ1) is 50.7. The molecule has 5 unspecified atom stereocenters. The van der Waals surface area contributed by atoms with E-state index >= 15 is 0 Å². The summed E-state index contributed by atoms with van der Waals surface area (Å²) in [5, 5.41) is 10.6. The van der Waals surface area contributed by atoms with Crippen molar-refractivity contribution in [3.05, 3.63) is 158 Å². The zero-order chi connectivity index (χ0) is 76.0. The van der Waals surface area contributed by atoms with Crippen molar-refractivity contribution in [3.8, 4) is 0 Å². The number of phosphoric acid groups is 2. The van der Waals surface area contributed by atoms with Crippen molar-refractivity contribution < 1.29 is 80.2 Å². The molecule has 0 fully saturated rings. The maximum Gasteiger partial charge on any atom is 0.472 e. The number of aliphatic hydroxyl groups is 1.